The molecule has 31 nitrogen and oxygen atoms in total. The molecule has 22 N–H and O–H groups in total. The summed E-state index contributed by atoms with van der Waals surface area (Å²) >= 11 is 1.45. The zero-order valence-corrected chi connectivity index (χ0v) is 55.3. The number of carbonyl (C=O) groups is 13. The van der Waals surface area contributed by atoms with E-state index in [1.165, 1.54) is 21.6 Å². The lowest BCUT2D eigenvalue weighted by Gasteiger charge is -2.32. The summed E-state index contributed by atoms with van der Waals surface area (Å²) in [5.41, 5.74) is 40.6. The molecule has 13 amide bonds. The average Bonchev–Trinajstić information content (AvgIpc) is 1.74. The number of nitrogens with two attached hydrogens (primary N) is 7. The molecular weight excluding hydrogens is 1250 g/mol. The first-order valence-corrected chi connectivity index (χ1v) is 33.6. The monoisotopic (exact) mass is 1350 g/mol. The van der Waals surface area contributed by atoms with Crippen molar-refractivity contribution in [3.63, 3.8) is 0 Å². The number of aliphatic imine (C=N–C) groups is 1. The number of hydrogen-bond acceptors (Lipinski definition) is 17. The van der Waals surface area contributed by atoms with Crippen LogP contribution in [0.1, 0.15) is 121 Å². The van der Waals surface area contributed by atoms with Crippen LogP contribution in [0.15, 0.2) is 65.7 Å². The number of likely N-dealkylation sites (tertiary alicyclic amines) is 2. The number of unbranched alkanes of at least 4 members (excludes halogenated alkanes) is 1. The Labute approximate surface area is 558 Å². The topological polar surface area (TPSA) is 519 Å². The van der Waals surface area contributed by atoms with Crippen molar-refractivity contribution in [1.29, 1.82) is 0 Å². The smallest absolute Gasteiger partial charge is 0.245 e. The SMILES string of the molecule is CSCC[C@H](NC(=O)[C@@H](CC(C)C)NC(=O)CNC(=O)[C@@H](Cc1ccccc1)NC(=O)[C@H](Cc1ccccc1)NC(=O)[C@H](CCC(N)=O)NC(=O)[C@H](CCC(N)=O)NC(=O)[C@H]1CCCN1C(=O)[C@@H](CCCCN)NC(=O)[C@@H]1CCCN1C(=O)[C@@H](N)CCCN=C(N)N)C(N)=O. The molecule has 32 heteroatoms. The van der Waals surface area contributed by atoms with Crippen LogP contribution in [0, 0.1) is 5.92 Å². The number of primary amides is 3. The molecule has 2 aliphatic heterocycles. The number of rotatable bonds is 42. The van der Waals surface area contributed by atoms with E-state index in [-0.39, 0.29) is 83.0 Å². The molecule has 0 saturated carbocycles. The summed E-state index contributed by atoms with van der Waals surface area (Å²) in [4.78, 5) is 185. The van der Waals surface area contributed by atoms with E-state index in [9.17, 15) is 62.3 Å². The molecule has 0 aromatic heterocycles. The van der Waals surface area contributed by atoms with Gasteiger partial charge in [0.25, 0.3) is 0 Å². The van der Waals surface area contributed by atoms with Gasteiger partial charge in [-0.25, -0.2) is 0 Å². The first kappa shape index (κ1) is 78.5. The number of nitrogens with one attached hydrogen (secondary N) is 8. The number of nitrogens with zero attached hydrogens (tertiary/aromatic N) is 3. The van der Waals surface area contributed by atoms with Crippen LogP contribution >= 0.6 is 11.8 Å². The minimum atomic E-state index is -1.64. The lowest BCUT2D eigenvalue weighted by molar-refractivity contribution is -0.144. The van der Waals surface area contributed by atoms with Crippen molar-refractivity contribution >= 4 is 94.5 Å². The zero-order chi connectivity index (χ0) is 70.1. The highest BCUT2D eigenvalue weighted by Gasteiger charge is 2.42. The molecule has 0 spiro atoms. The lowest BCUT2D eigenvalue weighted by atomic mass is 10.0. The van der Waals surface area contributed by atoms with Gasteiger partial charge < -0.3 is 92.5 Å². The van der Waals surface area contributed by atoms with Crippen LogP contribution in [0.3, 0.4) is 0 Å². The van der Waals surface area contributed by atoms with Crippen LogP contribution in [0.25, 0.3) is 0 Å². The van der Waals surface area contributed by atoms with E-state index in [4.69, 9.17) is 40.1 Å². The molecule has 2 aromatic rings. The zero-order valence-electron chi connectivity index (χ0n) is 54.5. The van der Waals surface area contributed by atoms with Gasteiger partial charge in [0.2, 0.25) is 76.8 Å². The summed E-state index contributed by atoms with van der Waals surface area (Å²) in [6, 6.07) is 4.51. The second-order valence-corrected chi connectivity index (χ2v) is 25.1. The van der Waals surface area contributed by atoms with E-state index in [1.807, 2.05) is 20.1 Å². The van der Waals surface area contributed by atoms with Gasteiger partial charge in [-0.3, -0.25) is 67.3 Å². The van der Waals surface area contributed by atoms with Gasteiger partial charge in [-0.1, -0.05) is 74.5 Å². The molecular formula is C63H98N18O13S. The minimum Gasteiger partial charge on any atom is -0.370 e. The highest BCUT2D eigenvalue weighted by Crippen LogP contribution is 2.24. The number of amides is 13. The summed E-state index contributed by atoms with van der Waals surface area (Å²) in [6.07, 6.45) is 3.12. The number of guanidine groups is 1. The van der Waals surface area contributed by atoms with Crippen LogP contribution in [0.4, 0.5) is 0 Å². The van der Waals surface area contributed by atoms with Gasteiger partial charge in [-0.2, -0.15) is 11.8 Å². The second-order valence-electron chi connectivity index (χ2n) is 24.1. The fourth-order valence-electron chi connectivity index (χ4n) is 11.0. The third-order valence-corrected chi connectivity index (χ3v) is 16.7. The van der Waals surface area contributed by atoms with Crippen LogP contribution in [-0.2, 0) is 75.2 Å². The van der Waals surface area contributed by atoms with Crippen molar-refractivity contribution in [2.24, 2.45) is 51.0 Å². The minimum absolute atomic E-state index is 0.0736. The lowest BCUT2D eigenvalue weighted by Crippen LogP contribution is -2.60. The Morgan fingerprint density at radius 3 is 1.51 bits per heavy atom. The van der Waals surface area contributed by atoms with E-state index in [2.05, 4.69) is 47.5 Å². The quantitative estimate of drug-likeness (QED) is 0.0173. The maximum atomic E-state index is 14.7. The van der Waals surface area contributed by atoms with Crippen LogP contribution in [0.5, 0.6) is 0 Å². The van der Waals surface area contributed by atoms with Crippen molar-refractivity contribution in [2.75, 3.05) is 44.7 Å². The summed E-state index contributed by atoms with van der Waals surface area (Å²) in [6.45, 7) is 3.86. The predicted octanol–water partition coefficient (Wildman–Crippen LogP) is -3.71. The molecule has 0 aliphatic carbocycles. The van der Waals surface area contributed by atoms with E-state index in [0.717, 1.165) is 0 Å². The first-order chi connectivity index (χ1) is 45.2. The van der Waals surface area contributed by atoms with Crippen molar-refractivity contribution in [2.45, 2.75) is 183 Å². The molecule has 2 saturated heterocycles. The van der Waals surface area contributed by atoms with Gasteiger partial charge >= 0.3 is 0 Å². The van der Waals surface area contributed by atoms with Gasteiger partial charge in [0.15, 0.2) is 5.96 Å². The van der Waals surface area contributed by atoms with Crippen LogP contribution in [-0.4, -0.2) is 198 Å². The Kier molecular flexibility index (Phi) is 33.9. The number of benzene rings is 2. The molecule has 2 aliphatic rings. The van der Waals surface area contributed by atoms with E-state index in [0.29, 0.717) is 55.4 Å². The Morgan fingerprint density at radius 1 is 0.537 bits per heavy atom. The Balaban J connectivity index is 1.56. The normalized spacial score (nSPS) is 16.8. The van der Waals surface area contributed by atoms with E-state index < -0.39 is 169 Å². The third kappa shape index (κ3) is 27.5. The Morgan fingerprint density at radius 2 is 1.01 bits per heavy atom. The van der Waals surface area contributed by atoms with Gasteiger partial charge in [0, 0.05) is 45.3 Å². The second kappa shape index (κ2) is 41.0. The van der Waals surface area contributed by atoms with E-state index >= 15 is 0 Å². The molecule has 0 bridgehead atoms. The van der Waals surface area contributed by atoms with E-state index in [1.54, 1.807) is 60.7 Å². The molecule has 0 unspecified atom stereocenters. The summed E-state index contributed by atoms with van der Waals surface area (Å²) in [5.74, 6) is -9.80. The molecule has 2 fully saturated rings. The number of hydrogen-bond donors (Lipinski definition) is 15. The predicted molar refractivity (Wildman–Crippen MR) is 356 cm³/mol. The van der Waals surface area contributed by atoms with Gasteiger partial charge in [0.05, 0.1) is 12.6 Å². The van der Waals surface area contributed by atoms with Gasteiger partial charge in [-0.15, -0.1) is 0 Å². The first-order valence-electron chi connectivity index (χ1n) is 32.2. The molecule has 10 atom stereocenters. The van der Waals surface area contributed by atoms with Crippen molar-refractivity contribution < 1.29 is 62.3 Å². The molecule has 95 heavy (non-hydrogen) atoms. The molecule has 2 aromatic carbocycles. The Bertz CT molecular complexity index is 2960. The van der Waals surface area contributed by atoms with Crippen molar-refractivity contribution in [3.8, 4) is 0 Å². The van der Waals surface area contributed by atoms with Gasteiger partial charge in [0.1, 0.15) is 54.4 Å². The van der Waals surface area contributed by atoms with Crippen LogP contribution < -0.4 is 82.7 Å². The molecule has 0 radical (unpaired) electrons. The Hall–Kier alpha value is -8.91. The summed E-state index contributed by atoms with van der Waals surface area (Å²) in [7, 11) is 0. The molecule has 4 rings (SSSR count). The fraction of sp³-hybridized carbons (Fsp3) is 0.587. The summed E-state index contributed by atoms with van der Waals surface area (Å²) < 4.78 is 0. The molecule has 524 valence electrons. The highest BCUT2D eigenvalue weighted by atomic mass is 32.2. The fourth-order valence-corrected chi connectivity index (χ4v) is 11.5. The maximum Gasteiger partial charge on any atom is 0.245 e. The van der Waals surface area contributed by atoms with Gasteiger partial charge in [-0.05, 0) is 119 Å². The molecule has 2 heterocycles. The maximum absolute atomic E-state index is 14.7. The highest BCUT2D eigenvalue weighted by molar-refractivity contribution is 7.98. The van der Waals surface area contributed by atoms with Crippen molar-refractivity contribution in [3.05, 3.63) is 71.8 Å². The largest absolute Gasteiger partial charge is 0.370 e. The summed E-state index contributed by atoms with van der Waals surface area (Å²) in [5, 5.41) is 21.1. The average molecular weight is 1350 g/mol. The number of thioether (sulfide) groups is 1. The van der Waals surface area contributed by atoms with Crippen LogP contribution in [0.2, 0.25) is 0 Å². The van der Waals surface area contributed by atoms with Crippen molar-refractivity contribution in [1.82, 2.24) is 52.3 Å². The number of carbonyl (C=O) groups excluding carboxylic acids is 13. The third-order valence-electron chi connectivity index (χ3n) is 16.0. The standard InChI is InChI=1S/C63H98N18O13S/c1-37(2)33-45(57(89)74-41(53(68)85)27-32-95-3)73-52(84)36-72-54(86)46(34-38-15-6-4-7-16-38)78-58(90)47(35-39-17-8-5-9-18-39)79-56(88)42(23-25-50(66)82)75-55(87)43(24-26-51(67)83)76-59(91)49-22-14-31-81(49)62(94)44(20-10-11-28-64)77-60(92)48-21-13-30-80(48)61(93)40(65)19-12-29-71-63(69)70/h4-9,15-18,37,40-49H,10-14,19-36,64-65H2,1-3H3,(H2,66,82)(H2,67,83)(H2,68,85)(H,72,86)(H,73,84)(H,74,89)(H,75,87)(H,76,91)(H,77,92)(H,78,90)(H,79,88)(H4,69,70,71)/t40-,41-,42-,43-,44+,45+,46+,47-,48-,49+/m0/s1.